The third-order valence-electron chi connectivity index (χ3n) is 2.76. The summed E-state index contributed by atoms with van der Waals surface area (Å²) in [4.78, 5) is 11.3. The molecule has 74 valence electrons. The van der Waals surface area contributed by atoms with Gasteiger partial charge in [0.15, 0.2) is 0 Å². The predicted octanol–water partition coefficient (Wildman–Crippen LogP) is 1.39. The van der Waals surface area contributed by atoms with Crippen LogP contribution in [0.15, 0.2) is 12.7 Å². The minimum absolute atomic E-state index is 0.171. The van der Waals surface area contributed by atoms with Crippen molar-refractivity contribution < 1.29 is 14.3 Å². The quantitative estimate of drug-likeness (QED) is 0.489. The largest absolute Gasteiger partial charge is 0.469 e. The predicted molar refractivity (Wildman–Crippen MR) is 49.2 cm³/mol. The maximum Gasteiger partial charge on any atom is 0.312 e. The van der Waals surface area contributed by atoms with Crippen LogP contribution in [0.5, 0.6) is 0 Å². The van der Waals surface area contributed by atoms with Crippen molar-refractivity contribution in [3.8, 4) is 0 Å². The van der Waals surface area contributed by atoms with Gasteiger partial charge in [-0.1, -0.05) is 13.0 Å². The van der Waals surface area contributed by atoms with Gasteiger partial charge in [-0.15, -0.1) is 6.58 Å². The molecule has 0 aromatic heterocycles. The number of hydrogen-bond acceptors (Lipinski definition) is 3. The number of ether oxygens (including phenoxy) is 2. The molecule has 3 atom stereocenters. The molecule has 1 aliphatic carbocycles. The van der Waals surface area contributed by atoms with Gasteiger partial charge in [0.25, 0.3) is 0 Å². The summed E-state index contributed by atoms with van der Waals surface area (Å²) in [5.74, 6) is -0.201. The minimum Gasteiger partial charge on any atom is -0.469 e. The Hall–Kier alpha value is -0.830. The summed E-state index contributed by atoms with van der Waals surface area (Å²) in [5.41, 5.74) is -0.470. The van der Waals surface area contributed by atoms with E-state index in [1.165, 1.54) is 7.11 Å². The van der Waals surface area contributed by atoms with Crippen molar-refractivity contribution in [1.29, 1.82) is 0 Å². The fourth-order valence-corrected chi connectivity index (χ4v) is 1.91. The Morgan fingerprint density at radius 1 is 1.69 bits per heavy atom. The highest BCUT2D eigenvalue weighted by Crippen LogP contribution is 2.54. The van der Waals surface area contributed by atoms with Crippen LogP contribution in [0, 0.1) is 11.8 Å². The van der Waals surface area contributed by atoms with Crippen molar-refractivity contribution in [2.24, 2.45) is 11.8 Å². The number of rotatable bonds is 4. The molecule has 0 aromatic rings. The molecular weight excluding hydrogens is 168 g/mol. The summed E-state index contributed by atoms with van der Waals surface area (Å²) < 4.78 is 10.2. The van der Waals surface area contributed by atoms with E-state index in [1.54, 1.807) is 6.08 Å². The summed E-state index contributed by atoms with van der Waals surface area (Å²) >= 11 is 0. The van der Waals surface area contributed by atoms with Crippen molar-refractivity contribution in [3.63, 3.8) is 0 Å². The molecule has 1 saturated carbocycles. The summed E-state index contributed by atoms with van der Waals surface area (Å²) in [6.45, 7) is 8.16. The standard InChI is InChI=1S/C10H16O3/c1-5-10(13-6-2)7(3)8(10)9(11)12-4/h5,7-8H,1,6H2,2-4H3/t7-,8+,10-/m0/s1. The first-order valence-corrected chi connectivity index (χ1v) is 4.49. The molecule has 1 rings (SSSR count). The van der Waals surface area contributed by atoms with E-state index in [2.05, 4.69) is 11.3 Å². The summed E-state index contributed by atoms with van der Waals surface area (Å²) in [5, 5.41) is 0. The van der Waals surface area contributed by atoms with E-state index in [-0.39, 0.29) is 17.8 Å². The lowest BCUT2D eigenvalue weighted by molar-refractivity contribution is -0.144. The van der Waals surface area contributed by atoms with E-state index >= 15 is 0 Å². The summed E-state index contributed by atoms with van der Waals surface area (Å²) in [7, 11) is 1.40. The second-order valence-corrected chi connectivity index (χ2v) is 3.28. The SMILES string of the molecule is C=C[C@]1(OCC)[C@@H](C)[C@@H]1C(=O)OC. The van der Waals surface area contributed by atoms with Gasteiger partial charge >= 0.3 is 5.97 Å². The molecule has 3 nitrogen and oxygen atoms in total. The normalized spacial score (nSPS) is 36.8. The topological polar surface area (TPSA) is 35.5 Å². The number of esters is 1. The van der Waals surface area contributed by atoms with E-state index < -0.39 is 5.60 Å². The zero-order chi connectivity index (χ0) is 10.1. The van der Waals surface area contributed by atoms with Crippen molar-refractivity contribution in [3.05, 3.63) is 12.7 Å². The van der Waals surface area contributed by atoms with Crippen LogP contribution < -0.4 is 0 Å². The Morgan fingerprint density at radius 3 is 2.69 bits per heavy atom. The monoisotopic (exact) mass is 184 g/mol. The smallest absolute Gasteiger partial charge is 0.312 e. The van der Waals surface area contributed by atoms with Gasteiger partial charge in [0.05, 0.1) is 13.0 Å². The van der Waals surface area contributed by atoms with Crippen LogP contribution in [0.2, 0.25) is 0 Å². The first-order valence-electron chi connectivity index (χ1n) is 4.49. The molecule has 0 aromatic carbocycles. The van der Waals surface area contributed by atoms with E-state index in [1.807, 2.05) is 13.8 Å². The van der Waals surface area contributed by atoms with Crippen LogP contribution in [0.4, 0.5) is 0 Å². The van der Waals surface area contributed by atoms with Gasteiger partial charge in [-0.05, 0) is 6.92 Å². The molecule has 0 saturated heterocycles. The molecule has 0 amide bonds. The van der Waals surface area contributed by atoms with Crippen molar-refractivity contribution >= 4 is 5.97 Å². The van der Waals surface area contributed by atoms with E-state index in [0.717, 1.165) is 0 Å². The van der Waals surface area contributed by atoms with Crippen molar-refractivity contribution in [2.45, 2.75) is 19.4 Å². The van der Waals surface area contributed by atoms with Gasteiger partial charge in [0.2, 0.25) is 0 Å². The molecule has 0 aliphatic heterocycles. The van der Waals surface area contributed by atoms with Crippen LogP contribution in [-0.2, 0) is 14.3 Å². The zero-order valence-corrected chi connectivity index (χ0v) is 8.37. The average Bonchev–Trinajstić information content (AvgIpc) is 2.72. The molecule has 1 aliphatic rings. The Balaban J connectivity index is 2.71. The van der Waals surface area contributed by atoms with Gasteiger partial charge in [-0.25, -0.2) is 0 Å². The van der Waals surface area contributed by atoms with Crippen molar-refractivity contribution in [2.75, 3.05) is 13.7 Å². The minimum atomic E-state index is -0.470. The van der Waals surface area contributed by atoms with E-state index in [4.69, 9.17) is 4.74 Å². The number of carbonyl (C=O) groups is 1. The van der Waals surface area contributed by atoms with Gasteiger partial charge in [-0.2, -0.15) is 0 Å². The molecule has 0 bridgehead atoms. The molecule has 0 heterocycles. The molecule has 13 heavy (non-hydrogen) atoms. The molecule has 0 unspecified atom stereocenters. The fourth-order valence-electron chi connectivity index (χ4n) is 1.91. The summed E-state index contributed by atoms with van der Waals surface area (Å²) in [6, 6.07) is 0. The van der Waals surface area contributed by atoms with Gasteiger partial charge in [-0.3, -0.25) is 4.79 Å². The number of hydrogen-bond donors (Lipinski definition) is 0. The molecule has 3 heteroatoms. The van der Waals surface area contributed by atoms with Gasteiger partial charge < -0.3 is 9.47 Å². The highest BCUT2D eigenvalue weighted by atomic mass is 16.5. The molecular formula is C10H16O3. The first-order chi connectivity index (χ1) is 6.14. The molecule has 0 radical (unpaired) electrons. The Labute approximate surface area is 78.7 Å². The second-order valence-electron chi connectivity index (χ2n) is 3.28. The third kappa shape index (κ3) is 1.37. The second kappa shape index (κ2) is 3.50. The van der Waals surface area contributed by atoms with Crippen LogP contribution in [0.25, 0.3) is 0 Å². The highest BCUT2D eigenvalue weighted by molar-refractivity contribution is 5.79. The molecule has 1 fully saturated rings. The molecule has 0 N–H and O–H groups in total. The Kier molecular flexibility index (Phi) is 2.76. The number of methoxy groups -OCH3 is 1. The van der Waals surface area contributed by atoms with E-state index in [0.29, 0.717) is 6.61 Å². The van der Waals surface area contributed by atoms with Crippen LogP contribution >= 0.6 is 0 Å². The first kappa shape index (κ1) is 10.3. The fraction of sp³-hybridized carbons (Fsp3) is 0.700. The van der Waals surface area contributed by atoms with Crippen molar-refractivity contribution in [1.82, 2.24) is 0 Å². The maximum absolute atomic E-state index is 11.3. The average molecular weight is 184 g/mol. The third-order valence-corrected chi connectivity index (χ3v) is 2.76. The molecule has 0 spiro atoms. The van der Waals surface area contributed by atoms with Crippen LogP contribution in [-0.4, -0.2) is 25.3 Å². The van der Waals surface area contributed by atoms with E-state index in [9.17, 15) is 4.79 Å². The summed E-state index contributed by atoms with van der Waals surface area (Å²) in [6.07, 6.45) is 1.71. The Bertz CT molecular complexity index is 224. The number of carbonyl (C=O) groups excluding carboxylic acids is 1. The zero-order valence-electron chi connectivity index (χ0n) is 8.37. The lowest BCUT2D eigenvalue weighted by atomic mass is 10.2. The lowest BCUT2D eigenvalue weighted by Gasteiger charge is -2.11. The van der Waals surface area contributed by atoms with Crippen LogP contribution in [0.3, 0.4) is 0 Å². The Morgan fingerprint density at radius 2 is 2.31 bits per heavy atom. The van der Waals surface area contributed by atoms with Gasteiger partial charge in [0, 0.05) is 12.5 Å². The maximum atomic E-state index is 11.3. The lowest BCUT2D eigenvalue weighted by Crippen LogP contribution is -2.19. The van der Waals surface area contributed by atoms with Crippen LogP contribution in [0.1, 0.15) is 13.8 Å². The van der Waals surface area contributed by atoms with Gasteiger partial charge in [0.1, 0.15) is 5.60 Å². The highest BCUT2D eigenvalue weighted by Gasteiger charge is 2.66.